The van der Waals surface area contributed by atoms with Gasteiger partial charge >= 0.3 is 0 Å². The summed E-state index contributed by atoms with van der Waals surface area (Å²) in [5.41, 5.74) is 2.32. The van der Waals surface area contributed by atoms with Crippen molar-refractivity contribution >= 4 is 17.4 Å². The number of para-hydroxylation sites is 1. The summed E-state index contributed by atoms with van der Waals surface area (Å²) in [5.74, 6) is 1.29. The van der Waals surface area contributed by atoms with Crippen molar-refractivity contribution in [1.82, 2.24) is 10.2 Å². The molecule has 0 aliphatic heterocycles. The second-order valence-electron chi connectivity index (χ2n) is 6.03. The topological polar surface area (TPSA) is 67.3 Å². The monoisotopic (exact) mass is 362 g/mol. The molecule has 6 nitrogen and oxygen atoms in total. The zero-order valence-corrected chi connectivity index (χ0v) is 15.4. The number of aromatic nitrogens is 2. The Balaban J connectivity index is 1.54. The second kappa shape index (κ2) is 8.80. The highest BCUT2D eigenvalue weighted by Gasteiger charge is 2.15. The predicted octanol–water partition coefficient (Wildman–Crippen LogP) is 3.42. The number of carbonyl (C=O) groups excluding carboxylic acids is 1. The number of hydrogen-bond donors (Lipinski definition) is 1. The zero-order valence-electron chi connectivity index (χ0n) is 15.4. The van der Waals surface area contributed by atoms with Crippen LogP contribution in [0.25, 0.3) is 0 Å². The van der Waals surface area contributed by atoms with Gasteiger partial charge in [0, 0.05) is 19.3 Å². The van der Waals surface area contributed by atoms with Gasteiger partial charge in [-0.2, -0.15) is 0 Å². The van der Waals surface area contributed by atoms with E-state index in [1.165, 1.54) is 5.56 Å². The number of benzene rings is 2. The predicted molar refractivity (Wildman–Crippen MR) is 106 cm³/mol. The van der Waals surface area contributed by atoms with E-state index < -0.39 is 0 Å². The molecule has 1 aromatic heterocycles. The summed E-state index contributed by atoms with van der Waals surface area (Å²) in [6.45, 7) is 0.720. The zero-order chi connectivity index (χ0) is 19.1. The van der Waals surface area contributed by atoms with Gasteiger partial charge in [0.25, 0.3) is 5.91 Å². The largest absolute Gasteiger partial charge is 0.497 e. The molecule has 1 N–H and O–H groups in total. The lowest BCUT2D eigenvalue weighted by molar-refractivity contribution is 0.0987. The number of amides is 1. The van der Waals surface area contributed by atoms with Crippen LogP contribution < -0.4 is 15.0 Å². The van der Waals surface area contributed by atoms with Crippen molar-refractivity contribution < 1.29 is 9.53 Å². The van der Waals surface area contributed by atoms with Crippen molar-refractivity contribution in [2.75, 3.05) is 30.9 Å². The molecule has 0 saturated heterocycles. The van der Waals surface area contributed by atoms with Crippen LogP contribution in [0.2, 0.25) is 0 Å². The third-order valence-corrected chi connectivity index (χ3v) is 4.21. The number of anilines is 2. The summed E-state index contributed by atoms with van der Waals surface area (Å²) in [5, 5.41) is 11.4. The minimum absolute atomic E-state index is 0.196. The van der Waals surface area contributed by atoms with Crippen LogP contribution in [0.1, 0.15) is 16.1 Å². The van der Waals surface area contributed by atoms with Crippen molar-refractivity contribution in [2.24, 2.45) is 0 Å². The molecule has 0 aliphatic carbocycles. The molecule has 6 heteroatoms. The second-order valence-corrected chi connectivity index (χ2v) is 6.03. The van der Waals surface area contributed by atoms with Gasteiger partial charge in [-0.25, -0.2) is 0 Å². The SMILES string of the molecule is COc1ccc(CCNc2ccc(C(=O)N(C)c3ccccc3)nn2)cc1. The third kappa shape index (κ3) is 4.82. The van der Waals surface area contributed by atoms with Crippen molar-refractivity contribution in [2.45, 2.75) is 6.42 Å². The Kier molecular flexibility index (Phi) is 5.99. The molecule has 2 aromatic carbocycles. The summed E-state index contributed by atoms with van der Waals surface area (Å²) in [6, 6.07) is 20.9. The molecule has 1 heterocycles. The highest BCUT2D eigenvalue weighted by atomic mass is 16.5. The van der Waals surface area contributed by atoms with E-state index in [2.05, 4.69) is 15.5 Å². The Labute approximate surface area is 158 Å². The van der Waals surface area contributed by atoms with E-state index in [1.54, 1.807) is 31.2 Å². The summed E-state index contributed by atoms with van der Waals surface area (Å²) < 4.78 is 5.15. The van der Waals surface area contributed by atoms with E-state index >= 15 is 0 Å². The molecule has 27 heavy (non-hydrogen) atoms. The third-order valence-electron chi connectivity index (χ3n) is 4.21. The van der Waals surface area contributed by atoms with Gasteiger partial charge < -0.3 is 15.0 Å². The lowest BCUT2D eigenvalue weighted by atomic mass is 10.1. The Morgan fingerprint density at radius 1 is 1.00 bits per heavy atom. The van der Waals surface area contributed by atoms with Gasteiger partial charge in [-0.05, 0) is 48.4 Å². The molecule has 0 spiro atoms. The minimum atomic E-state index is -0.196. The molecule has 1 amide bonds. The highest BCUT2D eigenvalue weighted by molar-refractivity contribution is 6.04. The van der Waals surface area contributed by atoms with Crippen molar-refractivity contribution in [3.05, 3.63) is 78.0 Å². The lowest BCUT2D eigenvalue weighted by Gasteiger charge is -2.16. The van der Waals surface area contributed by atoms with E-state index in [4.69, 9.17) is 4.74 Å². The fraction of sp³-hybridized carbons (Fsp3) is 0.190. The number of methoxy groups -OCH3 is 1. The molecular formula is C21H22N4O2. The molecule has 3 rings (SSSR count). The van der Waals surface area contributed by atoms with Gasteiger partial charge in [-0.15, -0.1) is 10.2 Å². The maximum Gasteiger partial charge on any atom is 0.278 e. The van der Waals surface area contributed by atoms with Gasteiger partial charge in [0.15, 0.2) is 5.69 Å². The molecule has 0 saturated carbocycles. The number of rotatable bonds is 7. The number of nitrogens with zero attached hydrogens (tertiary/aromatic N) is 3. The van der Waals surface area contributed by atoms with Gasteiger partial charge in [0.05, 0.1) is 7.11 Å². The van der Waals surface area contributed by atoms with Crippen molar-refractivity contribution in [3.8, 4) is 5.75 Å². The number of nitrogens with one attached hydrogen (secondary N) is 1. The van der Waals surface area contributed by atoms with E-state index in [-0.39, 0.29) is 5.91 Å². The number of ether oxygens (including phenoxy) is 1. The fourth-order valence-electron chi connectivity index (χ4n) is 2.61. The molecule has 138 valence electrons. The molecule has 0 aliphatic rings. The maximum atomic E-state index is 12.5. The van der Waals surface area contributed by atoms with Gasteiger partial charge in [0.2, 0.25) is 0 Å². The van der Waals surface area contributed by atoms with Crippen LogP contribution in [-0.4, -0.2) is 36.8 Å². The van der Waals surface area contributed by atoms with Crippen LogP contribution in [-0.2, 0) is 6.42 Å². The van der Waals surface area contributed by atoms with Crippen molar-refractivity contribution in [1.29, 1.82) is 0 Å². The van der Waals surface area contributed by atoms with Crippen LogP contribution >= 0.6 is 0 Å². The molecular weight excluding hydrogens is 340 g/mol. The average molecular weight is 362 g/mol. The smallest absolute Gasteiger partial charge is 0.278 e. The Morgan fingerprint density at radius 2 is 1.74 bits per heavy atom. The highest BCUT2D eigenvalue weighted by Crippen LogP contribution is 2.14. The molecule has 0 atom stereocenters. The first-order valence-corrected chi connectivity index (χ1v) is 8.71. The quantitative estimate of drug-likeness (QED) is 0.698. The van der Waals surface area contributed by atoms with E-state index in [0.717, 1.165) is 24.4 Å². The van der Waals surface area contributed by atoms with Crippen LogP contribution in [0.3, 0.4) is 0 Å². The van der Waals surface area contributed by atoms with Crippen LogP contribution in [0.4, 0.5) is 11.5 Å². The molecule has 0 fully saturated rings. The first kappa shape index (κ1) is 18.4. The van der Waals surface area contributed by atoms with Crippen molar-refractivity contribution in [3.63, 3.8) is 0 Å². The lowest BCUT2D eigenvalue weighted by Crippen LogP contribution is -2.27. The van der Waals surface area contributed by atoms with Crippen LogP contribution in [0.15, 0.2) is 66.7 Å². The van der Waals surface area contributed by atoms with Crippen LogP contribution in [0, 0.1) is 0 Å². The summed E-state index contributed by atoms with van der Waals surface area (Å²) >= 11 is 0. The number of hydrogen-bond acceptors (Lipinski definition) is 5. The van der Waals surface area contributed by atoms with Gasteiger partial charge in [0.1, 0.15) is 11.6 Å². The molecule has 0 bridgehead atoms. The first-order chi connectivity index (χ1) is 13.2. The standard InChI is InChI=1S/C21H22N4O2/c1-25(17-6-4-3-5-7-17)21(26)19-12-13-20(24-23-19)22-15-14-16-8-10-18(27-2)11-9-16/h3-13H,14-15H2,1-2H3,(H,22,24). The Hall–Kier alpha value is -3.41. The van der Waals surface area contributed by atoms with Gasteiger partial charge in [-0.3, -0.25) is 4.79 Å². The molecule has 0 radical (unpaired) electrons. The van der Waals surface area contributed by atoms with Crippen LogP contribution in [0.5, 0.6) is 5.75 Å². The Morgan fingerprint density at radius 3 is 2.37 bits per heavy atom. The molecule has 0 unspecified atom stereocenters. The summed E-state index contributed by atoms with van der Waals surface area (Å²) in [7, 11) is 3.38. The maximum absolute atomic E-state index is 12.5. The van der Waals surface area contributed by atoms with Gasteiger partial charge in [-0.1, -0.05) is 30.3 Å². The average Bonchev–Trinajstić information content (AvgIpc) is 2.74. The molecule has 3 aromatic rings. The summed E-state index contributed by atoms with van der Waals surface area (Å²) in [4.78, 5) is 14.1. The normalized spacial score (nSPS) is 10.3. The minimum Gasteiger partial charge on any atom is -0.497 e. The fourth-order valence-corrected chi connectivity index (χ4v) is 2.61. The van der Waals surface area contributed by atoms with E-state index in [0.29, 0.717) is 11.5 Å². The number of carbonyl (C=O) groups is 1. The van der Waals surface area contributed by atoms with E-state index in [9.17, 15) is 4.79 Å². The summed E-state index contributed by atoms with van der Waals surface area (Å²) in [6.07, 6.45) is 0.850. The first-order valence-electron chi connectivity index (χ1n) is 8.71. The Bertz CT molecular complexity index is 865. The van der Waals surface area contributed by atoms with E-state index in [1.807, 2.05) is 54.6 Å².